The molecule has 0 aliphatic rings. The maximum absolute atomic E-state index is 5.77. The Morgan fingerprint density at radius 2 is 2.18 bits per heavy atom. The highest BCUT2D eigenvalue weighted by Gasteiger charge is 2.01. The van der Waals surface area contributed by atoms with Crippen molar-refractivity contribution in [2.75, 3.05) is 7.11 Å². The fourth-order valence-electron chi connectivity index (χ4n) is 0.696. The minimum Gasteiger partial charge on any atom is -0.378 e. The summed E-state index contributed by atoms with van der Waals surface area (Å²) >= 11 is 11.4. The summed E-state index contributed by atoms with van der Waals surface area (Å²) in [5.41, 5.74) is 0.668. The number of pyridine rings is 1. The van der Waals surface area contributed by atoms with E-state index in [1.165, 1.54) is 0 Å². The van der Waals surface area contributed by atoms with E-state index in [0.29, 0.717) is 22.5 Å². The van der Waals surface area contributed by atoms with Gasteiger partial charge in [-0.3, -0.25) is 0 Å². The average molecular weight is 192 g/mol. The molecule has 0 aromatic carbocycles. The molecule has 2 nitrogen and oxygen atoms in total. The quantitative estimate of drug-likeness (QED) is 0.671. The Morgan fingerprint density at radius 3 is 2.82 bits per heavy atom. The highest BCUT2D eigenvalue weighted by molar-refractivity contribution is 6.32. The lowest BCUT2D eigenvalue weighted by atomic mass is 10.4. The lowest BCUT2D eigenvalue weighted by Gasteiger charge is -2.00. The Hall–Kier alpha value is -0.310. The van der Waals surface area contributed by atoms with E-state index in [9.17, 15) is 0 Å². The van der Waals surface area contributed by atoms with Crippen molar-refractivity contribution < 1.29 is 4.74 Å². The third-order valence-electron chi connectivity index (χ3n) is 1.17. The van der Waals surface area contributed by atoms with Crippen LogP contribution >= 0.6 is 23.2 Å². The number of hydrogen-bond donors (Lipinski definition) is 0. The molecule has 11 heavy (non-hydrogen) atoms. The predicted octanol–water partition coefficient (Wildman–Crippen LogP) is 2.53. The highest BCUT2D eigenvalue weighted by atomic mass is 35.5. The summed E-state index contributed by atoms with van der Waals surface area (Å²) in [4.78, 5) is 3.97. The maximum atomic E-state index is 5.77. The third-order valence-corrected chi connectivity index (χ3v) is 1.72. The van der Waals surface area contributed by atoms with Gasteiger partial charge in [-0.25, -0.2) is 4.98 Å². The summed E-state index contributed by atoms with van der Waals surface area (Å²) in [6.45, 7) is 0.388. The molecule has 0 aliphatic carbocycles. The smallest absolute Gasteiger partial charge is 0.129 e. The normalized spacial score (nSPS) is 10.1. The Bertz CT molecular complexity index is 252. The van der Waals surface area contributed by atoms with Crippen molar-refractivity contribution >= 4 is 23.2 Å². The first-order chi connectivity index (χ1) is 5.24. The molecule has 0 N–H and O–H groups in total. The zero-order valence-corrected chi connectivity index (χ0v) is 7.49. The molecule has 0 atom stereocenters. The number of ether oxygens (including phenoxy) is 1. The van der Waals surface area contributed by atoms with Gasteiger partial charge in [0.2, 0.25) is 0 Å². The molecule has 0 spiro atoms. The van der Waals surface area contributed by atoms with Crippen molar-refractivity contribution in [3.05, 3.63) is 28.0 Å². The number of methoxy groups -OCH3 is 1. The number of halogens is 2. The summed E-state index contributed by atoms with van der Waals surface area (Å²) in [7, 11) is 1.58. The van der Waals surface area contributed by atoms with Crippen molar-refractivity contribution in [1.29, 1.82) is 0 Å². The van der Waals surface area contributed by atoms with Crippen molar-refractivity contribution in [3.8, 4) is 0 Å². The van der Waals surface area contributed by atoms with Crippen molar-refractivity contribution in [2.45, 2.75) is 6.61 Å². The largest absolute Gasteiger partial charge is 0.378 e. The lowest BCUT2D eigenvalue weighted by molar-refractivity contribution is 0.181. The van der Waals surface area contributed by atoms with Crippen molar-refractivity contribution in [1.82, 2.24) is 4.98 Å². The molecule has 1 aromatic heterocycles. The molecule has 1 heterocycles. The standard InChI is InChI=1S/C7H7Cl2NO/c1-11-4-6-5(8)2-3-7(9)10-6/h2-3H,4H2,1H3. The van der Waals surface area contributed by atoms with Gasteiger partial charge in [0.25, 0.3) is 0 Å². The van der Waals surface area contributed by atoms with Crippen LogP contribution in [-0.4, -0.2) is 12.1 Å². The summed E-state index contributed by atoms with van der Waals surface area (Å²) < 4.78 is 4.86. The second-order valence-corrected chi connectivity index (χ2v) is 2.79. The Kier molecular flexibility index (Phi) is 3.12. The SMILES string of the molecule is COCc1nc(Cl)ccc1Cl. The third kappa shape index (κ3) is 2.33. The second-order valence-electron chi connectivity index (χ2n) is 2.00. The summed E-state index contributed by atoms with van der Waals surface area (Å²) in [6, 6.07) is 3.34. The molecule has 0 saturated heterocycles. The molecule has 0 amide bonds. The molecular formula is C7H7Cl2NO. The van der Waals surface area contributed by atoms with Crippen LogP contribution in [-0.2, 0) is 11.3 Å². The minimum absolute atomic E-state index is 0.388. The van der Waals surface area contributed by atoms with Gasteiger partial charge in [-0.15, -0.1) is 0 Å². The average Bonchev–Trinajstić information content (AvgIpc) is 1.98. The minimum atomic E-state index is 0.388. The molecule has 4 heteroatoms. The molecule has 0 bridgehead atoms. The summed E-state index contributed by atoms with van der Waals surface area (Å²) in [6.07, 6.45) is 0. The van der Waals surface area contributed by atoms with E-state index in [4.69, 9.17) is 27.9 Å². The van der Waals surface area contributed by atoms with E-state index in [1.54, 1.807) is 19.2 Å². The Morgan fingerprint density at radius 1 is 1.45 bits per heavy atom. The van der Waals surface area contributed by atoms with E-state index < -0.39 is 0 Å². The second kappa shape index (κ2) is 3.90. The van der Waals surface area contributed by atoms with Crippen LogP contribution in [0.3, 0.4) is 0 Å². The van der Waals surface area contributed by atoms with Crippen molar-refractivity contribution in [3.63, 3.8) is 0 Å². The van der Waals surface area contributed by atoms with E-state index >= 15 is 0 Å². The predicted molar refractivity (Wildman–Crippen MR) is 45.0 cm³/mol. The van der Waals surface area contributed by atoms with Crippen LogP contribution < -0.4 is 0 Å². The molecule has 0 radical (unpaired) electrons. The van der Waals surface area contributed by atoms with E-state index in [0.717, 1.165) is 0 Å². The van der Waals surface area contributed by atoms with Gasteiger partial charge in [-0.1, -0.05) is 23.2 Å². The fraction of sp³-hybridized carbons (Fsp3) is 0.286. The number of hydrogen-bond acceptors (Lipinski definition) is 2. The van der Waals surface area contributed by atoms with E-state index in [-0.39, 0.29) is 0 Å². The molecule has 0 unspecified atom stereocenters. The van der Waals surface area contributed by atoms with Crippen LogP contribution in [0.2, 0.25) is 10.2 Å². The van der Waals surface area contributed by atoms with Crippen LogP contribution in [0.15, 0.2) is 12.1 Å². The molecule has 60 valence electrons. The molecule has 0 fully saturated rings. The lowest BCUT2D eigenvalue weighted by Crippen LogP contribution is -1.92. The summed E-state index contributed by atoms with van der Waals surface area (Å²) in [5, 5.41) is 1.01. The monoisotopic (exact) mass is 191 g/mol. The number of rotatable bonds is 2. The topological polar surface area (TPSA) is 22.1 Å². The summed E-state index contributed by atoms with van der Waals surface area (Å²) in [5.74, 6) is 0. The first kappa shape index (κ1) is 8.78. The Balaban J connectivity index is 2.93. The number of nitrogens with zero attached hydrogens (tertiary/aromatic N) is 1. The first-order valence-electron chi connectivity index (χ1n) is 3.04. The van der Waals surface area contributed by atoms with E-state index in [1.807, 2.05) is 0 Å². The van der Waals surface area contributed by atoms with Crippen LogP contribution in [0, 0.1) is 0 Å². The number of aromatic nitrogens is 1. The molecule has 0 saturated carbocycles. The molecular weight excluding hydrogens is 185 g/mol. The first-order valence-corrected chi connectivity index (χ1v) is 3.79. The van der Waals surface area contributed by atoms with E-state index in [2.05, 4.69) is 4.98 Å². The zero-order chi connectivity index (χ0) is 8.27. The van der Waals surface area contributed by atoms with Gasteiger partial charge >= 0.3 is 0 Å². The van der Waals surface area contributed by atoms with Crippen LogP contribution in [0.1, 0.15) is 5.69 Å². The van der Waals surface area contributed by atoms with Gasteiger partial charge in [0, 0.05) is 7.11 Å². The van der Waals surface area contributed by atoms with Gasteiger partial charge in [0.15, 0.2) is 0 Å². The van der Waals surface area contributed by atoms with Gasteiger partial charge in [0.05, 0.1) is 17.3 Å². The van der Waals surface area contributed by atoms with Crippen LogP contribution in [0.5, 0.6) is 0 Å². The van der Waals surface area contributed by atoms with Gasteiger partial charge in [-0.2, -0.15) is 0 Å². The van der Waals surface area contributed by atoms with Gasteiger partial charge in [0.1, 0.15) is 5.15 Å². The van der Waals surface area contributed by atoms with Gasteiger partial charge < -0.3 is 4.74 Å². The van der Waals surface area contributed by atoms with Crippen LogP contribution in [0.25, 0.3) is 0 Å². The Labute approximate surface area is 75.1 Å². The highest BCUT2D eigenvalue weighted by Crippen LogP contribution is 2.16. The van der Waals surface area contributed by atoms with Crippen molar-refractivity contribution in [2.24, 2.45) is 0 Å². The van der Waals surface area contributed by atoms with Crippen LogP contribution in [0.4, 0.5) is 0 Å². The molecule has 1 aromatic rings. The fourth-order valence-corrected chi connectivity index (χ4v) is 1.02. The molecule has 0 aliphatic heterocycles. The zero-order valence-electron chi connectivity index (χ0n) is 5.97. The maximum Gasteiger partial charge on any atom is 0.129 e. The molecule has 1 rings (SSSR count). The van der Waals surface area contributed by atoms with Gasteiger partial charge in [-0.05, 0) is 12.1 Å².